The summed E-state index contributed by atoms with van der Waals surface area (Å²) in [6.07, 6.45) is 4.59. The zero-order chi connectivity index (χ0) is 16.9. The van der Waals surface area contributed by atoms with Crippen molar-refractivity contribution in [2.75, 3.05) is 26.2 Å². The van der Waals surface area contributed by atoms with Gasteiger partial charge in [0.2, 0.25) is 0 Å². The van der Waals surface area contributed by atoms with Gasteiger partial charge in [-0.05, 0) is 38.9 Å². The summed E-state index contributed by atoms with van der Waals surface area (Å²) >= 11 is 6.17. The Bertz CT molecular complexity index is 575. The molecule has 5 nitrogen and oxygen atoms in total. The first-order valence-corrected chi connectivity index (χ1v) is 9.22. The molecule has 2 aliphatic rings. The van der Waals surface area contributed by atoms with Crippen LogP contribution in [0, 0.1) is 0 Å². The SMILES string of the molecule is C[C@@H](CNC(=O)N[C@H]1CCOc2c(Cl)cccc21)N1CCCCC1. The second-order valence-electron chi connectivity index (χ2n) is 6.65. The third kappa shape index (κ3) is 4.14. The number of piperidine rings is 1. The largest absolute Gasteiger partial charge is 0.492 e. The van der Waals surface area contributed by atoms with Crippen molar-refractivity contribution >= 4 is 17.6 Å². The number of likely N-dealkylation sites (tertiary alicyclic amines) is 1. The molecule has 2 N–H and O–H groups in total. The maximum Gasteiger partial charge on any atom is 0.315 e. The maximum absolute atomic E-state index is 12.3. The van der Waals surface area contributed by atoms with Gasteiger partial charge in [0.15, 0.2) is 0 Å². The van der Waals surface area contributed by atoms with Crippen LogP contribution in [0.2, 0.25) is 5.02 Å². The van der Waals surface area contributed by atoms with Crippen molar-refractivity contribution in [2.24, 2.45) is 0 Å². The molecule has 24 heavy (non-hydrogen) atoms. The molecule has 132 valence electrons. The monoisotopic (exact) mass is 351 g/mol. The van der Waals surface area contributed by atoms with Crippen LogP contribution >= 0.6 is 11.6 Å². The molecule has 2 atom stereocenters. The normalized spacial score (nSPS) is 22.2. The molecule has 1 aromatic rings. The number of benzene rings is 1. The molecule has 0 aromatic heterocycles. The van der Waals surface area contributed by atoms with Gasteiger partial charge in [0, 0.05) is 24.6 Å². The molecule has 2 aliphatic heterocycles. The molecule has 3 rings (SSSR count). The number of ether oxygens (including phenoxy) is 1. The highest BCUT2D eigenvalue weighted by Gasteiger charge is 2.25. The van der Waals surface area contributed by atoms with Crippen molar-refractivity contribution in [1.82, 2.24) is 15.5 Å². The van der Waals surface area contributed by atoms with Crippen LogP contribution in [0.3, 0.4) is 0 Å². The average molecular weight is 352 g/mol. The maximum atomic E-state index is 12.3. The van der Waals surface area contributed by atoms with E-state index in [-0.39, 0.29) is 12.1 Å². The summed E-state index contributed by atoms with van der Waals surface area (Å²) in [5.41, 5.74) is 0.952. The number of carbonyl (C=O) groups is 1. The number of amides is 2. The van der Waals surface area contributed by atoms with Crippen LogP contribution in [0.1, 0.15) is 44.2 Å². The first-order chi connectivity index (χ1) is 11.6. The van der Waals surface area contributed by atoms with E-state index in [1.165, 1.54) is 19.3 Å². The zero-order valence-electron chi connectivity index (χ0n) is 14.2. The Morgan fingerprint density at radius 1 is 1.38 bits per heavy atom. The highest BCUT2D eigenvalue weighted by Crippen LogP contribution is 2.37. The number of hydrogen-bond acceptors (Lipinski definition) is 3. The van der Waals surface area contributed by atoms with Crippen LogP contribution in [-0.2, 0) is 0 Å². The Morgan fingerprint density at radius 3 is 2.96 bits per heavy atom. The van der Waals surface area contributed by atoms with Gasteiger partial charge in [-0.1, -0.05) is 30.2 Å². The molecule has 0 radical (unpaired) electrons. The number of urea groups is 1. The molecule has 0 aliphatic carbocycles. The van der Waals surface area contributed by atoms with Gasteiger partial charge in [-0.3, -0.25) is 4.90 Å². The van der Waals surface area contributed by atoms with Gasteiger partial charge in [0.1, 0.15) is 5.75 Å². The summed E-state index contributed by atoms with van der Waals surface area (Å²) in [6, 6.07) is 5.84. The molecule has 0 bridgehead atoms. The molecule has 0 saturated carbocycles. The second kappa shape index (κ2) is 8.08. The fourth-order valence-corrected chi connectivity index (χ4v) is 3.71. The lowest BCUT2D eigenvalue weighted by Gasteiger charge is -2.32. The minimum atomic E-state index is -0.128. The van der Waals surface area contributed by atoms with Crippen LogP contribution in [0.5, 0.6) is 5.75 Å². The number of fused-ring (bicyclic) bond motifs is 1. The van der Waals surface area contributed by atoms with Gasteiger partial charge in [0.05, 0.1) is 17.7 Å². The van der Waals surface area contributed by atoms with Gasteiger partial charge >= 0.3 is 6.03 Å². The number of hydrogen-bond donors (Lipinski definition) is 2. The summed E-state index contributed by atoms with van der Waals surface area (Å²) < 4.78 is 5.63. The van der Waals surface area contributed by atoms with E-state index >= 15 is 0 Å². The van der Waals surface area contributed by atoms with Crippen molar-refractivity contribution in [1.29, 1.82) is 0 Å². The third-order valence-electron chi connectivity index (χ3n) is 4.90. The minimum Gasteiger partial charge on any atom is -0.492 e. The molecular formula is C18H26ClN3O2. The van der Waals surface area contributed by atoms with E-state index in [1.807, 2.05) is 18.2 Å². The number of nitrogens with zero attached hydrogens (tertiary/aromatic N) is 1. The van der Waals surface area contributed by atoms with Crippen molar-refractivity contribution < 1.29 is 9.53 Å². The van der Waals surface area contributed by atoms with E-state index in [4.69, 9.17) is 16.3 Å². The number of rotatable bonds is 4. The smallest absolute Gasteiger partial charge is 0.315 e. The fraction of sp³-hybridized carbons (Fsp3) is 0.611. The summed E-state index contributed by atoms with van der Waals surface area (Å²) in [4.78, 5) is 14.7. The fourth-order valence-electron chi connectivity index (χ4n) is 3.47. The van der Waals surface area contributed by atoms with Crippen LogP contribution in [0.25, 0.3) is 0 Å². The van der Waals surface area contributed by atoms with E-state index in [2.05, 4.69) is 22.5 Å². The standard InChI is InChI=1S/C18H26ClN3O2/c1-13(22-9-3-2-4-10-22)12-20-18(23)21-16-8-11-24-17-14(16)6-5-7-15(17)19/h5-7,13,16H,2-4,8-12H2,1H3,(H2,20,21,23)/t13-,16-/m0/s1. The molecule has 1 fully saturated rings. The molecule has 2 amide bonds. The van der Waals surface area contributed by atoms with Crippen LogP contribution in [0.4, 0.5) is 4.79 Å². The Labute approximate surface area is 148 Å². The first-order valence-electron chi connectivity index (χ1n) is 8.85. The third-order valence-corrected chi connectivity index (χ3v) is 5.20. The minimum absolute atomic E-state index is 0.0576. The van der Waals surface area contributed by atoms with E-state index in [9.17, 15) is 4.79 Å². The topological polar surface area (TPSA) is 53.6 Å². The van der Waals surface area contributed by atoms with E-state index in [1.54, 1.807) is 0 Å². The Hall–Kier alpha value is -1.46. The number of carbonyl (C=O) groups excluding carboxylic acids is 1. The second-order valence-corrected chi connectivity index (χ2v) is 7.06. The molecule has 0 unspecified atom stereocenters. The molecule has 1 saturated heterocycles. The summed E-state index contributed by atoms with van der Waals surface area (Å²) in [5.74, 6) is 0.692. The average Bonchev–Trinajstić information content (AvgIpc) is 2.61. The lowest BCUT2D eigenvalue weighted by Crippen LogP contribution is -2.47. The quantitative estimate of drug-likeness (QED) is 0.874. The van der Waals surface area contributed by atoms with Gasteiger partial charge in [-0.25, -0.2) is 4.79 Å². The van der Waals surface area contributed by atoms with E-state index in [0.717, 1.165) is 25.1 Å². The van der Waals surface area contributed by atoms with Gasteiger partial charge in [0.25, 0.3) is 0 Å². The van der Waals surface area contributed by atoms with E-state index in [0.29, 0.717) is 30.0 Å². The molecular weight excluding hydrogens is 326 g/mol. The predicted octanol–water partition coefficient (Wildman–Crippen LogP) is 3.34. The Kier molecular flexibility index (Phi) is 5.85. The lowest BCUT2D eigenvalue weighted by atomic mass is 10.0. The van der Waals surface area contributed by atoms with Crippen LogP contribution in [0.15, 0.2) is 18.2 Å². The highest BCUT2D eigenvalue weighted by atomic mass is 35.5. The van der Waals surface area contributed by atoms with E-state index < -0.39 is 0 Å². The summed E-state index contributed by atoms with van der Waals surface area (Å²) in [7, 11) is 0. The molecule has 6 heteroatoms. The van der Waals surface area contributed by atoms with Crippen molar-refractivity contribution in [3.63, 3.8) is 0 Å². The first kappa shape index (κ1) is 17.4. The van der Waals surface area contributed by atoms with Gasteiger partial charge < -0.3 is 15.4 Å². The Morgan fingerprint density at radius 2 is 2.17 bits per heavy atom. The number of nitrogens with one attached hydrogen (secondary N) is 2. The van der Waals surface area contributed by atoms with Gasteiger partial charge in [-0.15, -0.1) is 0 Å². The lowest BCUT2D eigenvalue weighted by molar-refractivity contribution is 0.169. The molecule has 2 heterocycles. The molecule has 0 spiro atoms. The van der Waals surface area contributed by atoms with Crippen LogP contribution in [-0.4, -0.2) is 43.2 Å². The summed E-state index contributed by atoms with van der Waals surface area (Å²) in [6.45, 7) is 5.67. The predicted molar refractivity (Wildman–Crippen MR) is 95.7 cm³/mol. The Balaban J connectivity index is 1.51. The van der Waals surface area contributed by atoms with Crippen molar-refractivity contribution in [3.8, 4) is 5.75 Å². The van der Waals surface area contributed by atoms with Crippen molar-refractivity contribution in [2.45, 2.75) is 44.7 Å². The number of halogens is 1. The number of para-hydroxylation sites is 1. The zero-order valence-corrected chi connectivity index (χ0v) is 14.9. The van der Waals surface area contributed by atoms with Crippen molar-refractivity contribution in [3.05, 3.63) is 28.8 Å². The van der Waals surface area contributed by atoms with Crippen LogP contribution < -0.4 is 15.4 Å². The van der Waals surface area contributed by atoms with Gasteiger partial charge in [-0.2, -0.15) is 0 Å². The molecule has 1 aromatic carbocycles. The summed E-state index contributed by atoms with van der Waals surface area (Å²) in [5, 5.41) is 6.66. The highest BCUT2D eigenvalue weighted by molar-refractivity contribution is 6.32.